The summed E-state index contributed by atoms with van der Waals surface area (Å²) in [4.78, 5) is 34.5. The lowest BCUT2D eigenvalue weighted by Gasteiger charge is -2.06. The molecule has 0 heterocycles. The molecule has 0 radical (unpaired) electrons. The van der Waals surface area contributed by atoms with E-state index in [0.717, 1.165) is 6.42 Å². The van der Waals surface area contributed by atoms with Crippen LogP contribution in [0.15, 0.2) is 29.4 Å². The quantitative estimate of drug-likeness (QED) is 0.323. The molecule has 0 saturated heterocycles. The van der Waals surface area contributed by atoms with Gasteiger partial charge in [0.15, 0.2) is 0 Å². The molecule has 8 nitrogen and oxygen atoms in total. The van der Waals surface area contributed by atoms with Crippen molar-refractivity contribution in [2.75, 3.05) is 18.5 Å². The number of carbonyl (C=O) groups excluding carboxylic acids is 3. The molecule has 1 rings (SSSR count). The first-order chi connectivity index (χ1) is 11.5. The number of anilines is 1. The second-order valence-corrected chi connectivity index (χ2v) is 5.04. The second-order valence-electron chi connectivity index (χ2n) is 5.04. The number of aryl methyl sites for hydroxylation is 1. The number of aliphatic hydroxyl groups is 1. The molecular weight excluding hydrogens is 312 g/mol. The lowest BCUT2D eigenvalue weighted by Crippen LogP contribution is -2.39. The van der Waals surface area contributed by atoms with Crippen LogP contribution in [-0.4, -0.2) is 41.7 Å². The van der Waals surface area contributed by atoms with Crippen LogP contribution in [-0.2, 0) is 20.8 Å². The minimum absolute atomic E-state index is 0.0197. The summed E-state index contributed by atoms with van der Waals surface area (Å²) in [5.74, 6) is -2.14. The Morgan fingerprint density at radius 1 is 1.12 bits per heavy atom. The molecule has 0 bridgehead atoms. The van der Waals surface area contributed by atoms with Crippen LogP contribution < -0.4 is 16.1 Å². The van der Waals surface area contributed by atoms with Gasteiger partial charge in [0.25, 0.3) is 0 Å². The van der Waals surface area contributed by atoms with Gasteiger partial charge in [0.1, 0.15) is 0 Å². The summed E-state index contributed by atoms with van der Waals surface area (Å²) >= 11 is 0. The third kappa shape index (κ3) is 7.01. The lowest BCUT2D eigenvalue weighted by molar-refractivity contribution is -0.139. The summed E-state index contributed by atoms with van der Waals surface area (Å²) in [6.07, 6.45) is 0.902. The summed E-state index contributed by atoms with van der Waals surface area (Å²) in [7, 11) is 0. The van der Waals surface area contributed by atoms with Crippen molar-refractivity contribution in [2.24, 2.45) is 5.10 Å². The van der Waals surface area contributed by atoms with E-state index in [4.69, 9.17) is 5.11 Å². The minimum Gasteiger partial charge on any atom is -0.395 e. The first kappa shape index (κ1) is 19.3. The van der Waals surface area contributed by atoms with E-state index in [2.05, 4.69) is 21.2 Å². The Labute approximate surface area is 140 Å². The number of rotatable bonds is 7. The van der Waals surface area contributed by atoms with E-state index in [0.29, 0.717) is 11.4 Å². The van der Waals surface area contributed by atoms with E-state index in [1.165, 1.54) is 5.56 Å². The highest BCUT2D eigenvalue weighted by atomic mass is 16.3. The van der Waals surface area contributed by atoms with E-state index in [1.54, 1.807) is 6.92 Å². The van der Waals surface area contributed by atoms with Crippen molar-refractivity contribution in [3.05, 3.63) is 29.8 Å². The second kappa shape index (κ2) is 10.1. The van der Waals surface area contributed by atoms with Crippen molar-refractivity contribution in [2.45, 2.75) is 26.7 Å². The van der Waals surface area contributed by atoms with Crippen LogP contribution in [0.5, 0.6) is 0 Å². The molecule has 0 atom stereocenters. The maximum Gasteiger partial charge on any atom is 0.329 e. The van der Waals surface area contributed by atoms with Crippen molar-refractivity contribution in [3.8, 4) is 0 Å². The van der Waals surface area contributed by atoms with Gasteiger partial charge < -0.3 is 15.7 Å². The van der Waals surface area contributed by atoms with Gasteiger partial charge >= 0.3 is 11.8 Å². The average Bonchev–Trinajstić information content (AvgIpc) is 2.58. The predicted octanol–water partition coefficient (Wildman–Crippen LogP) is 0.178. The molecule has 3 amide bonds. The van der Waals surface area contributed by atoms with Gasteiger partial charge in [0, 0.05) is 17.9 Å². The molecule has 0 aliphatic carbocycles. The van der Waals surface area contributed by atoms with Crippen molar-refractivity contribution < 1.29 is 19.5 Å². The lowest BCUT2D eigenvalue weighted by atomic mass is 10.1. The molecule has 0 saturated carbocycles. The fourth-order valence-electron chi connectivity index (χ4n) is 1.75. The number of benzene rings is 1. The molecule has 0 spiro atoms. The first-order valence-corrected chi connectivity index (χ1v) is 7.57. The number of nitrogens with zero attached hydrogens (tertiary/aromatic N) is 1. The monoisotopic (exact) mass is 334 g/mol. The topological polar surface area (TPSA) is 120 Å². The smallest absolute Gasteiger partial charge is 0.329 e. The molecule has 1 aromatic carbocycles. The number of aliphatic hydroxyl groups excluding tert-OH is 1. The van der Waals surface area contributed by atoms with Gasteiger partial charge in [0.05, 0.1) is 13.0 Å². The summed E-state index contributed by atoms with van der Waals surface area (Å²) in [5.41, 5.74) is 4.25. The van der Waals surface area contributed by atoms with Crippen molar-refractivity contribution in [1.82, 2.24) is 10.7 Å². The number of carbonyl (C=O) groups is 3. The molecule has 24 heavy (non-hydrogen) atoms. The summed E-state index contributed by atoms with van der Waals surface area (Å²) in [5, 5.41) is 17.2. The maximum absolute atomic E-state index is 11.9. The summed E-state index contributed by atoms with van der Waals surface area (Å²) in [6.45, 7) is 3.33. The van der Waals surface area contributed by atoms with Gasteiger partial charge in [-0.25, -0.2) is 5.43 Å². The number of hydrogen-bond acceptors (Lipinski definition) is 5. The van der Waals surface area contributed by atoms with Crippen molar-refractivity contribution >= 4 is 29.1 Å². The number of hydrogen-bond donors (Lipinski definition) is 4. The van der Waals surface area contributed by atoms with E-state index in [9.17, 15) is 14.4 Å². The zero-order valence-corrected chi connectivity index (χ0v) is 13.8. The number of hydrazone groups is 1. The Hall–Kier alpha value is -2.74. The fourth-order valence-corrected chi connectivity index (χ4v) is 1.75. The van der Waals surface area contributed by atoms with Crippen LogP contribution in [0.4, 0.5) is 5.69 Å². The maximum atomic E-state index is 11.9. The van der Waals surface area contributed by atoms with Crippen LogP contribution in [0.1, 0.15) is 25.8 Å². The molecule has 1 aromatic rings. The van der Waals surface area contributed by atoms with Gasteiger partial charge in [-0.2, -0.15) is 5.10 Å². The molecule has 0 unspecified atom stereocenters. The Kier molecular flexibility index (Phi) is 8.14. The van der Waals surface area contributed by atoms with Gasteiger partial charge in [-0.15, -0.1) is 0 Å². The highest BCUT2D eigenvalue weighted by Gasteiger charge is 2.12. The summed E-state index contributed by atoms with van der Waals surface area (Å²) < 4.78 is 0. The zero-order valence-electron chi connectivity index (χ0n) is 13.8. The number of nitrogens with one attached hydrogen (secondary N) is 3. The third-order valence-electron chi connectivity index (χ3n) is 3.01. The normalized spacial score (nSPS) is 10.9. The molecule has 0 aromatic heterocycles. The Balaban J connectivity index is 2.44. The molecule has 0 aliphatic rings. The van der Waals surface area contributed by atoms with Gasteiger partial charge in [0.2, 0.25) is 5.91 Å². The minimum atomic E-state index is -0.960. The third-order valence-corrected chi connectivity index (χ3v) is 3.01. The van der Waals surface area contributed by atoms with Gasteiger partial charge in [-0.3, -0.25) is 14.4 Å². The molecule has 4 N–H and O–H groups in total. The summed E-state index contributed by atoms with van der Waals surface area (Å²) in [6, 6.07) is 7.50. The van der Waals surface area contributed by atoms with Crippen molar-refractivity contribution in [1.29, 1.82) is 0 Å². The molecule has 8 heteroatoms. The van der Waals surface area contributed by atoms with Crippen LogP contribution in [0, 0.1) is 0 Å². The molecule has 130 valence electrons. The van der Waals surface area contributed by atoms with Crippen LogP contribution >= 0.6 is 0 Å². The van der Waals surface area contributed by atoms with Crippen molar-refractivity contribution in [3.63, 3.8) is 0 Å². The Morgan fingerprint density at radius 3 is 2.38 bits per heavy atom. The molecule has 0 aliphatic heterocycles. The SMILES string of the molecule is CCc1ccc(NC(=O)C/C(C)=N\NC(=O)C(=O)NCCO)cc1. The zero-order chi connectivity index (χ0) is 17.9. The first-order valence-electron chi connectivity index (χ1n) is 7.57. The Morgan fingerprint density at radius 2 is 1.79 bits per heavy atom. The van der Waals surface area contributed by atoms with Gasteiger partial charge in [-0.1, -0.05) is 19.1 Å². The van der Waals surface area contributed by atoms with Gasteiger partial charge in [-0.05, 0) is 31.0 Å². The fraction of sp³-hybridized carbons (Fsp3) is 0.375. The van der Waals surface area contributed by atoms with Crippen LogP contribution in [0.25, 0.3) is 0 Å². The largest absolute Gasteiger partial charge is 0.395 e. The van der Waals surface area contributed by atoms with E-state index in [-0.39, 0.29) is 25.5 Å². The standard InChI is InChI=1S/C16H22N4O4/c1-3-12-4-6-13(7-5-12)18-14(22)10-11(2)19-20-16(24)15(23)17-8-9-21/h4-7,21H,3,8-10H2,1-2H3,(H,17,23)(H,18,22)(H,20,24)/b19-11-. The highest BCUT2D eigenvalue weighted by Crippen LogP contribution is 2.10. The van der Waals surface area contributed by atoms with E-state index in [1.807, 2.05) is 31.2 Å². The average molecular weight is 334 g/mol. The Bertz CT molecular complexity index is 611. The number of amides is 3. The molecular formula is C16H22N4O4. The molecule has 0 fully saturated rings. The highest BCUT2D eigenvalue weighted by molar-refractivity contribution is 6.35. The van der Waals surface area contributed by atoms with E-state index < -0.39 is 11.8 Å². The van der Waals surface area contributed by atoms with Crippen LogP contribution in [0.3, 0.4) is 0 Å². The van der Waals surface area contributed by atoms with E-state index >= 15 is 0 Å². The predicted molar refractivity (Wildman–Crippen MR) is 90.4 cm³/mol. The van der Waals surface area contributed by atoms with Crippen LogP contribution in [0.2, 0.25) is 0 Å².